The van der Waals surface area contributed by atoms with Gasteiger partial charge in [0.2, 0.25) is 0 Å². The Morgan fingerprint density at radius 1 is 1.44 bits per heavy atom. The predicted octanol–water partition coefficient (Wildman–Crippen LogP) is 4.69. The van der Waals surface area contributed by atoms with Crippen LogP contribution >= 0.6 is 39.0 Å². The number of nitrogens with one attached hydrogen (secondary N) is 1. The maximum atomic E-state index is 3.58. The third-order valence-electron chi connectivity index (χ3n) is 2.51. The van der Waals surface area contributed by atoms with Gasteiger partial charge in [0.05, 0.1) is 0 Å². The third-order valence-corrected chi connectivity index (χ3v) is 5.26. The van der Waals surface area contributed by atoms with Crippen molar-refractivity contribution in [2.24, 2.45) is 0 Å². The van der Waals surface area contributed by atoms with Crippen molar-refractivity contribution in [3.8, 4) is 0 Å². The lowest BCUT2D eigenvalue weighted by Crippen LogP contribution is -2.19. The molecule has 1 rings (SSSR count). The second-order valence-corrected chi connectivity index (χ2v) is 6.65. The third kappa shape index (κ3) is 5.21. The van der Waals surface area contributed by atoms with E-state index < -0.39 is 0 Å². The summed E-state index contributed by atoms with van der Waals surface area (Å²) in [7, 11) is 0. The minimum atomic E-state index is 0.468. The van der Waals surface area contributed by atoms with Crippen LogP contribution in [0.5, 0.6) is 0 Å². The topological polar surface area (TPSA) is 12.0 Å². The maximum absolute atomic E-state index is 3.58. The Kier molecular flexibility index (Phi) is 7.79. The molecule has 1 atom stereocenters. The number of hydrogen-bond acceptors (Lipinski definition) is 3. The van der Waals surface area contributed by atoms with Gasteiger partial charge in [0.15, 0.2) is 0 Å². The van der Waals surface area contributed by atoms with Crippen molar-refractivity contribution in [2.75, 3.05) is 18.6 Å². The number of rotatable bonds is 8. The van der Waals surface area contributed by atoms with Crippen molar-refractivity contribution in [3.63, 3.8) is 0 Å². The summed E-state index contributed by atoms with van der Waals surface area (Å²) in [6.07, 6.45) is 6.15. The van der Waals surface area contributed by atoms with Crippen molar-refractivity contribution in [1.82, 2.24) is 5.32 Å². The molecule has 0 saturated heterocycles. The summed E-state index contributed by atoms with van der Waals surface area (Å²) in [4.78, 5) is 1.41. The summed E-state index contributed by atoms with van der Waals surface area (Å²) in [5, 5.41) is 5.71. The molecular formula is C12H20BrNS2. The van der Waals surface area contributed by atoms with Gasteiger partial charge in [-0.05, 0) is 65.7 Å². The second kappa shape index (κ2) is 8.56. The van der Waals surface area contributed by atoms with E-state index in [1.165, 1.54) is 34.4 Å². The Balaban J connectivity index is 2.11. The highest BCUT2D eigenvalue weighted by molar-refractivity contribution is 9.10. The standard InChI is InChI=1S/C12H20BrNS2/c1-10(12-11(13)6-9-16-12)14-7-4-3-5-8-15-2/h6,9-10,14H,3-5,7-8H2,1-2H3. The molecule has 1 N–H and O–H groups in total. The first-order valence-electron chi connectivity index (χ1n) is 5.71. The molecule has 1 unspecified atom stereocenters. The zero-order chi connectivity index (χ0) is 11.8. The molecule has 0 bridgehead atoms. The summed E-state index contributed by atoms with van der Waals surface area (Å²) in [6, 6.07) is 2.59. The summed E-state index contributed by atoms with van der Waals surface area (Å²) in [6.45, 7) is 3.36. The maximum Gasteiger partial charge on any atom is 0.0397 e. The lowest BCUT2D eigenvalue weighted by Gasteiger charge is -2.12. The van der Waals surface area contributed by atoms with Crippen molar-refractivity contribution >= 4 is 39.0 Å². The number of hydrogen-bond donors (Lipinski definition) is 1. The lowest BCUT2D eigenvalue weighted by molar-refractivity contribution is 0.549. The van der Waals surface area contributed by atoms with E-state index in [9.17, 15) is 0 Å². The van der Waals surface area contributed by atoms with Crippen LogP contribution in [0.25, 0.3) is 0 Å². The van der Waals surface area contributed by atoms with Crippen LogP contribution in [0.1, 0.15) is 37.1 Å². The molecule has 0 amide bonds. The summed E-state index contributed by atoms with van der Waals surface area (Å²) in [5.41, 5.74) is 0. The minimum absolute atomic E-state index is 0.468. The number of thioether (sulfide) groups is 1. The molecule has 0 radical (unpaired) electrons. The Morgan fingerprint density at radius 2 is 2.25 bits per heavy atom. The van der Waals surface area contributed by atoms with Gasteiger partial charge in [-0.15, -0.1) is 11.3 Å². The number of unbranched alkanes of at least 4 members (excludes halogenated alkanes) is 2. The molecule has 1 aromatic heterocycles. The van der Waals surface area contributed by atoms with Gasteiger partial charge in [-0.2, -0.15) is 11.8 Å². The molecule has 0 fully saturated rings. The molecule has 0 aliphatic carbocycles. The van der Waals surface area contributed by atoms with Crippen LogP contribution in [0.15, 0.2) is 15.9 Å². The Labute approximate surface area is 116 Å². The van der Waals surface area contributed by atoms with E-state index in [0.717, 1.165) is 6.54 Å². The smallest absolute Gasteiger partial charge is 0.0397 e. The summed E-state index contributed by atoms with van der Waals surface area (Å²) >= 11 is 7.34. The molecule has 1 heterocycles. The van der Waals surface area contributed by atoms with Crippen LogP contribution < -0.4 is 5.32 Å². The van der Waals surface area contributed by atoms with E-state index in [1.54, 1.807) is 0 Å². The highest BCUT2D eigenvalue weighted by Crippen LogP contribution is 2.28. The molecule has 0 aliphatic rings. The van der Waals surface area contributed by atoms with Crippen molar-refractivity contribution in [1.29, 1.82) is 0 Å². The van der Waals surface area contributed by atoms with Gasteiger partial charge in [-0.1, -0.05) is 6.42 Å². The first-order valence-corrected chi connectivity index (χ1v) is 8.77. The molecule has 4 heteroatoms. The van der Waals surface area contributed by atoms with Gasteiger partial charge in [0.25, 0.3) is 0 Å². The largest absolute Gasteiger partial charge is 0.309 e. The molecule has 0 aliphatic heterocycles. The highest BCUT2D eigenvalue weighted by Gasteiger charge is 2.09. The van der Waals surface area contributed by atoms with E-state index in [2.05, 4.69) is 45.9 Å². The Hall–Kier alpha value is 0.490. The van der Waals surface area contributed by atoms with Crippen LogP contribution in [0.3, 0.4) is 0 Å². The normalized spacial score (nSPS) is 12.9. The first kappa shape index (κ1) is 14.6. The monoisotopic (exact) mass is 321 g/mol. The van der Waals surface area contributed by atoms with Crippen LogP contribution in [-0.4, -0.2) is 18.6 Å². The van der Waals surface area contributed by atoms with E-state index in [1.807, 2.05) is 23.1 Å². The van der Waals surface area contributed by atoms with Crippen LogP contribution in [0.4, 0.5) is 0 Å². The van der Waals surface area contributed by atoms with Gasteiger partial charge in [0.1, 0.15) is 0 Å². The molecular weight excluding hydrogens is 302 g/mol. The van der Waals surface area contributed by atoms with Crippen LogP contribution in [0.2, 0.25) is 0 Å². The quantitative estimate of drug-likeness (QED) is 0.697. The van der Waals surface area contributed by atoms with Gasteiger partial charge in [-0.3, -0.25) is 0 Å². The fourth-order valence-corrected chi connectivity index (χ4v) is 3.82. The van der Waals surface area contributed by atoms with Crippen LogP contribution in [-0.2, 0) is 0 Å². The molecule has 1 nitrogen and oxygen atoms in total. The first-order chi connectivity index (χ1) is 7.75. The number of halogens is 1. The van der Waals surface area contributed by atoms with Crippen molar-refractivity contribution in [3.05, 3.63) is 20.8 Å². The van der Waals surface area contributed by atoms with Gasteiger partial charge in [0, 0.05) is 15.4 Å². The summed E-state index contributed by atoms with van der Waals surface area (Å²) < 4.78 is 1.24. The zero-order valence-corrected chi connectivity index (χ0v) is 13.2. The van der Waals surface area contributed by atoms with Crippen LogP contribution in [0, 0.1) is 0 Å². The van der Waals surface area contributed by atoms with E-state index in [-0.39, 0.29) is 0 Å². The molecule has 16 heavy (non-hydrogen) atoms. The second-order valence-electron chi connectivity index (χ2n) is 3.86. The molecule has 0 saturated carbocycles. The predicted molar refractivity (Wildman–Crippen MR) is 80.7 cm³/mol. The SMILES string of the molecule is CSCCCCCNC(C)c1sccc1Br. The molecule has 92 valence electrons. The molecule has 1 aromatic rings. The van der Waals surface area contributed by atoms with Crippen molar-refractivity contribution < 1.29 is 0 Å². The highest BCUT2D eigenvalue weighted by atomic mass is 79.9. The van der Waals surface area contributed by atoms with Crippen molar-refractivity contribution in [2.45, 2.75) is 32.2 Å². The lowest BCUT2D eigenvalue weighted by atomic mass is 10.2. The van der Waals surface area contributed by atoms with Gasteiger partial charge in [-0.25, -0.2) is 0 Å². The average molecular weight is 322 g/mol. The number of thiophene rings is 1. The van der Waals surface area contributed by atoms with Gasteiger partial charge < -0.3 is 5.32 Å². The zero-order valence-electron chi connectivity index (χ0n) is 9.96. The Morgan fingerprint density at radius 3 is 2.88 bits per heavy atom. The summed E-state index contributed by atoms with van der Waals surface area (Å²) in [5.74, 6) is 1.30. The fourth-order valence-electron chi connectivity index (χ4n) is 1.57. The van der Waals surface area contributed by atoms with E-state index in [0.29, 0.717) is 6.04 Å². The minimum Gasteiger partial charge on any atom is -0.309 e. The molecule has 0 spiro atoms. The van der Waals surface area contributed by atoms with Gasteiger partial charge >= 0.3 is 0 Å². The Bertz CT molecular complexity index is 288. The van der Waals surface area contributed by atoms with E-state index >= 15 is 0 Å². The molecule has 0 aromatic carbocycles. The van der Waals surface area contributed by atoms with E-state index in [4.69, 9.17) is 0 Å². The fraction of sp³-hybridized carbons (Fsp3) is 0.667. The average Bonchev–Trinajstić information content (AvgIpc) is 2.69.